The normalized spacial score (nSPS) is 11.4. The van der Waals surface area contributed by atoms with E-state index >= 15 is 0 Å². The molecule has 2 rings (SSSR count). The number of nitrogens with one attached hydrogen (secondary N) is 2. The van der Waals surface area contributed by atoms with Gasteiger partial charge in [-0.1, -0.05) is 0 Å². The zero-order valence-corrected chi connectivity index (χ0v) is 17.9. The Kier molecular flexibility index (Phi) is 8.21. The molecule has 2 N–H and O–H groups in total. The van der Waals surface area contributed by atoms with Gasteiger partial charge in [-0.3, -0.25) is 25.2 Å². The SMILES string of the molecule is CCOc1ccc(OC(C)C(=O)NNC(=O)CCC(=O)c2cc(C)sc2C)cc1. The van der Waals surface area contributed by atoms with E-state index in [4.69, 9.17) is 9.47 Å². The number of rotatable bonds is 9. The van der Waals surface area contributed by atoms with Gasteiger partial charge in [-0.05, 0) is 58.0 Å². The van der Waals surface area contributed by atoms with Gasteiger partial charge in [0.2, 0.25) is 5.91 Å². The molecule has 2 amide bonds. The van der Waals surface area contributed by atoms with Crippen molar-refractivity contribution in [3.8, 4) is 11.5 Å². The Hall–Kier alpha value is -2.87. The van der Waals surface area contributed by atoms with Gasteiger partial charge < -0.3 is 9.47 Å². The number of carbonyl (C=O) groups is 3. The molecule has 0 spiro atoms. The first kappa shape index (κ1) is 22.4. The van der Waals surface area contributed by atoms with Gasteiger partial charge in [0.05, 0.1) is 6.61 Å². The highest BCUT2D eigenvalue weighted by Crippen LogP contribution is 2.22. The topological polar surface area (TPSA) is 93.7 Å². The van der Waals surface area contributed by atoms with Crippen molar-refractivity contribution in [2.24, 2.45) is 0 Å². The molecule has 156 valence electrons. The van der Waals surface area contributed by atoms with Gasteiger partial charge in [-0.15, -0.1) is 11.3 Å². The molecule has 8 heteroatoms. The van der Waals surface area contributed by atoms with Crippen molar-refractivity contribution in [3.05, 3.63) is 45.6 Å². The van der Waals surface area contributed by atoms with Crippen LogP contribution in [-0.2, 0) is 9.59 Å². The third kappa shape index (κ3) is 6.90. The zero-order chi connectivity index (χ0) is 21.4. The maximum atomic E-state index is 12.2. The molecule has 0 aliphatic carbocycles. The number of thiophene rings is 1. The minimum Gasteiger partial charge on any atom is -0.494 e. The van der Waals surface area contributed by atoms with Gasteiger partial charge in [-0.2, -0.15) is 0 Å². The molecule has 1 unspecified atom stereocenters. The van der Waals surface area contributed by atoms with Crippen molar-refractivity contribution in [2.45, 2.75) is 46.6 Å². The van der Waals surface area contributed by atoms with E-state index in [9.17, 15) is 14.4 Å². The number of carbonyl (C=O) groups excluding carboxylic acids is 3. The number of ketones is 1. The first-order valence-electron chi connectivity index (χ1n) is 9.38. The standard InChI is InChI=1S/C21H26N2O5S/c1-5-27-16-6-8-17(9-7-16)28-14(3)21(26)23-22-20(25)11-10-19(24)18-12-13(2)29-15(18)4/h6-9,12,14H,5,10-11H2,1-4H3,(H,22,25)(H,23,26). The summed E-state index contributed by atoms with van der Waals surface area (Å²) in [6, 6.07) is 8.74. The van der Waals surface area contributed by atoms with Gasteiger partial charge in [0.25, 0.3) is 5.91 Å². The zero-order valence-electron chi connectivity index (χ0n) is 17.0. The lowest BCUT2D eigenvalue weighted by molar-refractivity contribution is -0.132. The fourth-order valence-corrected chi connectivity index (χ4v) is 3.55. The second-order valence-corrected chi connectivity index (χ2v) is 7.91. The average Bonchev–Trinajstić information content (AvgIpc) is 3.04. The molecule has 0 radical (unpaired) electrons. The van der Waals surface area contributed by atoms with Crippen LogP contribution in [0.1, 0.15) is 46.8 Å². The highest BCUT2D eigenvalue weighted by atomic mass is 32.1. The molecule has 1 heterocycles. The van der Waals surface area contributed by atoms with Crippen LogP contribution < -0.4 is 20.3 Å². The fraction of sp³-hybridized carbons (Fsp3) is 0.381. The molecule has 2 aromatic rings. The van der Waals surface area contributed by atoms with E-state index in [2.05, 4.69) is 10.9 Å². The van der Waals surface area contributed by atoms with Crippen molar-refractivity contribution in [2.75, 3.05) is 6.61 Å². The molecule has 1 aromatic carbocycles. The average molecular weight is 419 g/mol. The number of amides is 2. The summed E-state index contributed by atoms with van der Waals surface area (Å²) in [5.41, 5.74) is 5.28. The summed E-state index contributed by atoms with van der Waals surface area (Å²) in [6.07, 6.45) is -0.746. The van der Waals surface area contributed by atoms with Crippen LogP contribution in [0.15, 0.2) is 30.3 Å². The van der Waals surface area contributed by atoms with Gasteiger partial charge in [0, 0.05) is 28.2 Å². The minimum atomic E-state index is -0.814. The van der Waals surface area contributed by atoms with Crippen molar-refractivity contribution >= 4 is 28.9 Å². The van der Waals surface area contributed by atoms with Crippen LogP contribution in [0.5, 0.6) is 11.5 Å². The maximum Gasteiger partial charge on any atom is 0.279 e. The Morgan fingerprint density at radius 1 is 1.03 bits per heavy atom. The molecule has 0 aliphatic rings. The largest absolute Gasteiger partial charge is 0.494 e. The first-order chi connectivity index (χ1) is 13.8. The molecule has 0 fully saturated rings. The quantitative estimate of drug-likeness (QED) is 0.481. The van der Waals surface area contributed by atoms with Crippen LogP contribution in [0.25, 0.3) is 0 Å². The smallest absolute Gasteiger partial charge is 0.279 e. The molecule has 1 aromatic heterocycles. The molecule has 0 saturated carbocycles. The molecular weight excluding hydrogens is 392 g/mol. The summed E-state index contributed by atoms with van der Waals surface area (Å²) in [4.78, 5) is 38.2. The van der Waals surface area contributed by atoms with Gasteiger partial charge >= 0.3 is 0 Å². The Balaban J connectivity index is 1.73. The highest BCUT2D eigenvalue weighted by Gasteiger charge is 2.17. The molecule has 0 aliphatic heterocycles. The molecular formula is C21H26N2O5S. The number of benzene rings is 1. The number of Topliss-reactive ketones (excluding diaryl/α,β-unsaturated/α-hetero) is 1. The van der Waals surface area contributed by atoms with Crippen LogP contribution in [0.2, 0.25) is 0 Å². The van der Waals surface area contributed by atoms with Crippen molar-refractivity contribution in [3.63, 3.8) is 0 Å². The minimum absolute atomic E-state index is 0.0123. The molecule has 0 bridgehead atoms. The van der Waals surface area contributed by atoms with Gasteiger partial charge in [0.15, 0.2) is 11.9 Å². The van der Waals surface area contributed by atoms with Gasteiger partial charge in [0.1, 0.15) is 11.5 Å². The van der Waals surface area contributed by atoms with Crippen LogP contribution >= 0.6 is 11.3 Å². The lowest BCUT2D eigenvalue weighted by Gasteiger charge is -2.15. The van der Waals surface area contributed by atoms with Crippen LogP contribution in [-0.4, -0.2) is 30.3 Å². The van der Waals surface area contributed by atoms with E-state index in [1.807, 2.05) is 26.8 Å². The van der Waals surface area contributed by atoms with E-state index in [-0.39, 0.29) is 18.6 Å². The predicted octanol–water partition coefficient (Wildman–Crippen LogP) is 3.34. The summed E-state index contributed by atoms with van der Waals surface area (Å²) in [7, 11) is 0. The second kappa shape index (κ2) is 10.6. The summed E-state index contributed by atoms with van der Waals surface area (Å²) < 4.78 is 10.9. The van der Waals surface area contributed by atoms with E-state index in [0.717, 1.165) is 9.75 Å². The molecule has 7 nitrogen and oxygen atoms in total. The Labute approximate surface area is 174 Å². The second-order valence-electron chi connectivity index (χ2n) is 6.45. The van der Waals surface area contributed by atoms with Crippen LogP contribution in [0, 0.1) is 13.8 Å². The van der Waals surface area contributed by atoms with Crippen LogP contribution in [0.4, 0.5) is 0 Å². The first-order valence-corrected chi connectivity index (χ1v) is 10.2. The number of hydrogen-bond donors (Lipinski definition) is 2. The molecule has 1 atom stereocenters. The lowest BCUT2D eigenvalue weighted by atomic mass is 10.1. The molecule has 0 saturated heterocycles. The number of aryl methyl sites for hydroxylation is 2. The van der Waals surface area contributed by atoms with E-state index in [1.54, 1.807) is 42.5 Å². The summed E-state index contributed by atoms with van der Waals surface area (Å²) in [5.74, 6) is 0.203. The van der Waals surface area contributed by atoms with Gasteiger partial charge in [-0.25, -0.2) is 0 Å². The Morgan fingerprint density at radius 2 is 1.69 bits per heavy atom. The maximum absolute atomic E-state index is 12.2. The van der Waals surface area contributed by atoms with E-state index in [1.165, 1.54) is 0 Å². The summed E-state index contributed by atoms with van der Waals surface area (Å²) in [6.45, 7) is 7.86. The number of hydrazine groups is 1. The van der Waals surface area contributed by atoms with Crippen molar-refractivity contribution < 1.29 is 23.9 Å². The summed E-state index contributed by atoms with van der Waals surface area (Å²) >= 11 is 1.55. The Morgan fingerprint density at radius 3 is 2.28 bits per heavy atom. The highest BCUT2D eigenvalue weighted by molar-refractivity contribution is 7.12. The Bertz CT molecular complexity index is 860. The third-order valence-corrected chi connectivity index (χ3v) is 5.03. The predicted molar refractivity (Wildman–Crippen MR) is 111 cm³/mol. The third-order valence-electron chi connectivity index (χ3n) is 4.06. The van der Waals surface area contributed by atoms with E-state index in [0.29, 0.717) is 23.7 Å². The number of hydrogen-bond acceptors (Lipinski definition) is 6. The number of ether oxygens (including phenoxy) is 2. The van der Waals surface area contributed by atoms with Crippen molar-refractivity contribution in [1.82, 2.24) is 10.9 Å². The fourth-order valence-electron chi connectivity index (χ4n) is 2.60. The summed E-state index contributed by atoms with van der Waals surface area (Å²) in [5, 5.41) is 0. The van der Waals surface area contributed by atoms with Crippen molar-refractivity contribution in [1.29, 1.82) is 0 Å². The van der Waals surface area contributed by atoms with Crippen LogP contribution in [0.3, 0.4) is 0 Å². The monoisotopic (exact) mass is 418 g/mol. The van der Waals surface area contributed by atoms with E-state index < -0.39 is 17.9 Å². The molecule has 29 heavy (non-hydrogen) atoms. The lowest BCUT2D eigenvalue weighted by Crippen LogP contribution is -2.47.